The molecule has 0 radical (unpaired) electrons. The van der Waals surface area contributed by atoms with E-state index in [1.807, 2.05) is 0 Å². The number of nitrogens with zero attached hydrogens (tertiary/aromatic N) is 1. The van der Waals surface area contributed by atoms with E-state index in [1.165, 1.54) is 31.2 Å². The Bertz CT molecular complexity index is 1050. The Morgan fingerprint density at radius 2 is 1.64 bits per heavy atom. The van der Waals surface area contributed by atoms with Gasteiger partial charge < -0.3 is 10.6 Å². The number of nitrogens with one attached hydrogen (secondary N) is 2. The van der Waals surface area contributed by atoms with E-state index in [1.54, 1.807) is 31.2 Å². The standard InChI is InChI=1S/C19H19N3O5S/c1-12-11-28(26,27)22(19(12)25)17-5-3-4-14(10-17)18(24)21-16-8-6-15(7-9-16)20-13(2)23/h3-10,12H,11H2,1-2H3,(H,20,23)(H,21,24). The average molecular weight is 401 g/mol. The molecule has 1 saturated heterocycles. The van der Waals surface area contributed by atoms with Gasteiger partial charge in [-0.1, -0.05) is 13.0 Å². The Hall–Kier alpha value is -3.20. The summed E-state index contributed by atoms with van der Waals surface area (Å²) in [5, 5.41) is 5.32. The zero-order valence-electron chi connectivity index (χ0n) is 15.3. The van der Waals surface area contributed by atoms with Crippen LogP contribution in [0, 0.1) is 5.92 Å². The van der Waals surface area contributed by atoms with Crippen molar-refractivity contribution >= 4 is 44.8 Å². The lowest BCUT2D eigenvalue weighted by molar-refractivity contribution is -0.119. The summed E-state index contributed by atoms with van der Waals surface area (Å²) in [7, 11) is -3.74. The van der Waals surface area contributed by atoms with Crippen molar-refractivity contribution in [3.8, 4) is 0 Å². The molecule has 1 aliphatic rings. The lowest BCUT2D eigenvalue weighted by Gasteiger charge is -2.16. The fourth-order valence-corrected chi connectivity index (χ4v) is 4.72. The van der Waals surface area contributed by atoms with Gasteiger partial charge in [-0.15, -0.1) is 0 Å². The second-order valence-corrected chi connectivity index (χ2v) is 8.41. The number of amides is 3. The number of hydrogen-bond acceptors (Lipinski definition) is 5. The topological polar surface area (TPSA) is 113 Å². The van der Waals surface area contributed by atoms with Crippen molar-refractivity contribution in [2.45, 2.75) is 13.8 Å². The average Bonchev–Trinajstić information content (AvgIpc) is 2.83. The summed E-state index contributed by atoms with van der Waals surface area (Å²) in [4.78, 5) is 35.8. The lowest BCUT2D eigenvalue weighted by atomic mass is 10.1. The molecule has 3 rings (SSSR count). The van der Waals surface area contributed by atoms with E-state index in [2.05, 4.69) is 10.6 Å². The first-order valence-corrected chi connectivity index (χ1v) is 10.1. The fourth-order valence-electron chi connectivity index (χ4n) is 2.90. The molecule has 1 aliphatic heterocycles. The van der Waals surface area contributed by atoms with Crippen LogP contribution in [0.15, 0.2) is 48.5 Å². The third-order valence-electron chi connectivity index (χ3n) is 4.17. The minimum atomic E-state index is -3.74. The molecule has 2 aromatic rings. The van der Waals surface area contributed by atoms with Crippen LogP contribution in [0.2, 0.25) is 0 Å². The molecule has 0 aliphatic carbocycles. The highest BCUT2D eigenvalue weighted by atomic mass is 32.2. The van der Waals surface area contributed by atoms with Crippen molar-refractivity contribution in [2.75, 3.05) is 20.7 Å². The Morgan fingerprint density at radius 3 is 2.18 bits per heavy atom. The highest BCUT2D eigenvalue weighted by Crippen LogP contribution is 2.29. The smallest absolute Gasteiger partial charge is 0.255 e. The van der Waals surface area contributed by atoms with E-state index in [4.69, 9.17) is 0 Å². The molecule has 0 bridgehead atoms. The first-order chi connectivity index (χ1) is 13.2. The van der Waals surface area contributed by atoms with Gasteiger partial charge in [0.2, 0.25) is 21.8 Å². The second-order valence-electron chi connectivity index (χ2n) is 6.55. The number of carbonyl (C=O) groups is 3. The Kier molecular flexibility index (Phi) is 5.19. The third-order valence-corrected chi connectivity index (χ3v) is 6.03. The van der Waals surface area contributed by atoms with Crippen LogP contribution in [0.1, 0.15) is 24.2 Å². The molecule has 146 valence electrons. The van der Waals surface area contributed by atoms with E-state index in [9.17, 15) is 22.8 Å². The Balaban J connectivity index is 1.79. The SMILES string of the molecule is CC(=O)Nc1ccc(NC(=O)c2cccc(N3C(=O)C(C)CS3(=O)=O)c2)cc1. The van der Waals surface area contributed by atoms with Crippen LogP contribution in [0.4, 0.5) is 17.1 Å². The van der Waals surface area contributed by atoms with Crippen LogP contribution < -0.4 is 14.9 Å². The van der Waals surface area contributed by atoms with Crippen molar-refractivity contribution in [1.82, 2.24) is 0 Å². The summed E-state index contributed by atoms with van der Waals surface area (Å²) in [5.41, 5.74) is 1.45. The van der Waals surface area contributed by atoms with Gasteiger partial charge in [-0.2, -0.15) is 0 Å². The quantitative estimate of drug-likeness (QED) is 0.816. The predicted octanol–water partition coefficient (Wildman–Crippen LogP) is 2.21. The van der Waals surface area contributed by atoms with Crippen molar-refractivity contribution in [3.05, 3.63) is 54.1 Å². The summed E-state index contributed by atoms with van der Waals surface area (Å²) in [6.45, 7) is 2.95. The molecule has 1 heterocycles. The summed E-state index contributed by atoms with van der Waals surface area (Å²) >= 11 is 0. The van der Waals surface area contributed by atoms with E-state index in [-0.39, 0.29) is 22.9 Å². The van der Waals surface area contributed by atoms with Crippen LogP contribution in [0.5, 0.6) is 0 Å². The normalized spacial score (nSPS) is 18.0. The lowest BCUT2D eigenvalue weighted by Crippen LogP contribution is -2.30. The highest BCUT2D eigenvalue weighted by Gasteiger charge is 2.42. The van der Waals surface area contributed by atoms with Crippen LogP contribution in [0.3, 0.4) is 0 Å². The molecule has 2 aromatic carbocycles. The number of carbonyl (C=O) groups excluding carboxylic acids is 3. The van der Waals surface area contributed by atoms with E-state index >= 15 is 0 Å². The molecule has 1 unspecified atom stereocenters. The molecular formula is C19H19N3O5S. The van der Waals surface area contributed by atoms with Crippen LogP contribution in [0.25, 0.3) is 0 Å². The minimum absolute atomic E-state index is 0.142. The number of sulfonamides is 1. The van der Waals surface area contributed by atoms with Gasteiger partial charge in [0.15, 0.2) is 0 Å². The van der Waals surface area contributed by atoms with E-state index in [0.717, 1.165) is 4.31 Å². The maximum atomic E-state index is 12.5. The van der Waals surface area contributed by atoms with Crippen molar-refractivity contribution in [3.63, 3.8) is 0 Å². The Morgan fingerprint density at radius 1 is 1.04 bits per heavy atom. The van der Waals surface area contributed by atoms with Gasteiger partial charge in [0.05, 0.1) is 17.4 Å². The van der Waals surface area contributed by atoms with E-state index in [0.29, 0.717) is 11.4 Å². The first-order valence-electron chi connectivity index (χ1n) is 8.53. The van der Waals surface area contributed by atoms with Crippen LogP contribution in [-0.4, -0.2) is 31.9 Å². The molecule has 1 atom stereocenters. The maximum Gasteiger partial charge on any atom is 0.255 e. The summed E-state index contributed by atoms with van der Waals surface area (Å²) < 4.78 is 25.2. The second kappa shape index (κ2) is 7.43. The van der Waals surface area contributed by atoms with Gasteiger partial charge in [-0.25, -0.2) is 12.7 Å². The molecule has 8 nitrogen and oxygen atoms in total. The van der Waals surface area contributed by atoms with Gasteiger partial charge in [0.1, 0.15) is 0 Å². The molecule has 0 saturated carbocycles. The molecule has 0 spiro atoms. The van der Waals surface area contributed by atoms with Crippen LogP contribution in [-0.2, 0) is 19.6 Å². The molecular weight excluding hydrogens is 382 g/mol. The largest absolute Gasteiger partial charge is 0.326 e. The summed E-state index contributed by atoms with van der Waals surface area (Å²) in [6, 6.07) is 12.4. The number of anilines is 3. The highest BCUT2D eigenvalue weighted by molar-refractivity contribution is 7.94. The molecule has 0 aromatic heterocycles. The summed E-state index contributed by atoms with van der Waals surface area (Å²) in [5.74, 6) is -2.03. The zero-order chi connectivity index (χ0) is 20.5. The maximum absolute atomic E-state index is 12.5. The fraction of sp³-hybridized carbons (Fsp3) is 0.211. The van der Waals surface area contributed by atoms with Crippen molar-refractivity contribution in [2.24, 2.45) is 5.92 Å². The predicted molar refractivity (Wildman–Crippen MR) is 106 cm³/mol. The van der Waals surface area contributed by atoms with Crippen molar-refractivity contribution in [1.29, 1.82) is 0 Å². The molecule has 28 heavy (non-hydrogen) atoms. The Labute approximate surface area is 162 Å². The zero-order valence-corrected chi connectivity index (χ0v) is 16.1. The van der Waals surface area contributed by atoms with Gasteiger partial charge >= 0.3 is 0 Å². The molecule has 1 fully saturated rings. The van der Waals surface area contributed by atoms with Crippen molar-refractivity contribution < 1.29 is 22.8 Å². The summed E-state index contributed by atoms with van der Waals surface area (Å²) in [6.07, 6.45) is 0. The minimum Gasteiger partial charge on any atom is -0.326 e. The number of hydrogen-bond donors (Lipinski definition) is 2. The van der Waals surface area contributed by atoms with Gasteiger partial charge in [-0.3, -0.25) is 14.4 Å². The van der Waals surface area contributed by atoms with Gasteiger partial charge in [-0.05, 0) is 42.5 Å². The number of rotatable bonds is 4. The van der Waals surface area contributed by atoms with Crippen LogP contribution >= 0.6 is 0 Å². The monoisotopic (exact) mass is 401 g/mol. The van der Waals surface area contributed by atoms with E-state index < -0.39 is 27.8 Å². The van der Waals surface area contributed by atoms with Gasteiger partial charge in [0, 0.05) is 23.9 Å². The first kappa shape index (κ1) is 19.6. The third kappa shape index (κ3) is 4.04. The number of benzene rings is 2. The van der Waals surface area contributed by atoms with Gasteiger partial charge in [0.25, 0.3) is 5.91 Å². The molecule has 2 N–H and O–H groups in total. The molecule has 9 heteroatoms. The molecule has 3 amide bonds.